The van der Waals surface area contributed by atoms with E-state index in [4.69, 9.17) is 4.74 Å². The molecule has 6 nitrogen and oxygen atoms in total. The van der Waals surface area contributed by atoms with Crippen molar-refractivity contribution >= 4 is 11.9 Å². The molecule has 0 heterocycles. The Labute approximate surface area is 392 Å². The summed E-state index contributed by atoms with van der Waals surface area (Å²) in [4.78, 5) is 26.2. The summed E-state index contributed by atoms with van der Waals surface area (Å²) in [6, 6.07) is -0.710. The van der Waals surface area contributed by atoms with Gasteiger partial charge in [0.2, 0.25) is 5.91 Å². The summed E-state index contributed by atoms with van der Waals surface area (Å²) in [6.45, 7) is 6.49. The fraction of sp³-hybridized carbons (Fsp3) is 0.860. The molecular formula is C57H107NO5. The van der Waals surface area contributed by atoms with Crippen LogP contribution in [0, 0.1) is 0 Å². The number of carbonyl (C=O) groups excluding carboxylic acids is 2. The van der Waals surface area contributed by atoms with E-state index in [0.717, 1.165) is 77.0 Å². The summed E-state index contributed by atoms with van der Waals surface area (Å²) in [7, 11) is 0. The molecule has 0 saturated heterocycles. The van der Waals surface area contributed by atoms with Crippen LogP contribution in [0.15, 0.2) is 36.5 Å². The molecule has 0 saturated carbocycles. The van der Waals surface area contributed by atoms with Gasteiger partial charge in [-0.2, -0.15) is 0 Å². The minimum Gasteiger partial charge on any atom is -0.462 e. The SMILES string of the molecule is CCCCCCCCC/C=C/C=C/CCCCCC(=O)OC(CCCCC/C=C/CCCCCCCCCCC)CC(=O)NC(CO)C(O)CCCCCCCCCCCCCC. The second-order valence-corrected chi connectivity index (χ2v) is 19.0. The second kappa shape index (κ2) is 51.1. The number of rotatable bonds is 50. The maximum Gasteiger partial charge on any atom is 0.306 e. The number of nitrogens with one attached hydrogen (secondary N) is 1. The van der Waals surface area contributed by atoms with Crippen LogP contribution < -0.4 is 5.32 Å². The average molecular weight is 886 g/mol. The normalized spacial score (nSPS) is 13.4. The quantitative estimate of drug-likeness (QED) is 0.0245. The zero-order chi connectivity index (χ0) is 45.9. The minimum absolute atomic E-state index is 0.0590. The van der Waals surface area contributed by atoms with Crippen LogP contribution in [0.5, 0.6) is 0 Å². The number of aliphatic hydroxyl groups is 2. The van der Waals surface area contributed by atoms with E-state index in [-0.39, 0.29) is 24.9 Å². The van der Waals surface area contributed by atoms with Crippen LogP contribution in [0.2, 0.25) is 0 Å². The van der Waals surface area contributed by atoms with E-state index in [1.165, 1.54) is 167 Å². The molecule has 63 heavy (non-hydrogen) atoms. The first-order valence-corrected chi connectivity index (χ1v) is 27.7. The number of amides is 1. The maximum absolute atomic E-state index is 13.2. The summed E-state index contributed by atoms with van der Waals surface area (Å²) in [5.41, 5.74) is 0. The molecule has 1 amide bonds. The van der Waals surface area contributed by atoms with Gasteiger partial charge in [-0.05, 0) is 77.0 Å². The zero-order valence-corrected chi connectivity index (χ0v) is 42.2. The number of allylic oxidation sites excluding steroid dienone is 6. The van der Waals surface area contributed by atoms with Crippen molar-refractivity contribution in [3.8, 4) is 0 Å². The van der Waals surface area contributed by atoms with Crippen molar-refractivity contribution < 1.29 is 24.5 Å². The Morgan fingerprint density at radius 2 is 0.810 bits per heavy atom. The summed E-state index contributed by atoms with van der Waals surface area (Å²) < 4.78 is 5.93. The van der Waals surface area contributed by atoms with Gasteiger partial charge in [0.25, 0.3) is 0 Å². The summed E-state index contributed by atoms with van der Waals surface area (Å²) >= 11 is 0. The van der Waals surface area contributed by atoms with Crippen LogP contribution in [0.4, 0.5) is 0 Å². The van der Waals surface area contributed by atoms with E-state index in [1.807, 2.05) is 0 Å². The molecule has 6 heteroatoms. The zero-order valence-electron chi connectivity index (χ0n) is 42.2. The standard InChI is InChI=1S/C57H107NO5/c1-4-7-10-13-16-19-22-25-27-29-31-33-36-39-42-45-48-53(63-57(62)50-47-44-41-38-35-32-30-28-26-23-20-17-14-11-8-5-2)51-56(61)58-54(52-59)55(60)49-46-43-40-37-34-24-21-18-15-12-9-6-3/h28,30-33,35,53-55,59-60H,4-27,29,34,36-52H2,1-3H3,(H,58,61)/b30-28+,33-31+,35-32+. The summed E-state index contributed by atoms with van der Waals surface area (Å²) in [6.07, 6.45) is 60.6. The van der Waals surface area contributed by atoms with Crippen molar-refractivity contribution in [2.75, 3.05) is 6.61 Å². The van der Waals surface area contributed by atoms with Gasteiger partial charge in [0, 0.05) is 6.42 Å². The molecule has 0 aromatic rings. The molecule has 0 radical (unpaired) electrons. The fourth-order valence-corrected chi connectivity index (χ4v) is 8.48. The van der Waals surface area contributed by atoms with E-state index in [2.05, 4.69) is 62.5 Å². The average Bonchev–Trinajstić information content (AvgIpc) is 3.28. The number of aliphatic hydroxyl groups excluding tert-OH is 2. The third-order valence-corrected chi connectivity index (χ3v) is 12.7. The van der Waals surface area contributed by atoms with Crippen LogP contribution in [0.3, 0.4) is 0 Å². The third-order valence-electron chi connectivity index (χ3n) is 12.7. The molecule has 0 aliphatic carbocycles. The molecule has 0 aromatic heterocycles. The van der Waals surface area contributed by atoms with Gasteiger partial charge < -0.3 is 20.3 Å². The van der Waals surface area contributed by atoms with Crippen molar-refractivity contribution in [1.29, 1.82) is 0 Å². The molecule has 0 fully saturated rings. The molecule has 0 rings (SSSR count). The lowest BCUT2D eigenvalue weighted by molar-refractivity contribution is -0.151. The van der Waals surface area contributed by atoms with Gasteiger partial charge in [-0.1, -0.05) is 237 Å². The number of hydrogen-bond acceptors (Lipinski definition) is 5. The number of unbranched alkanes of at least 4 members (excludes halogenated alkanes) is 33. The van der Waals surface area contributed by atoms with Gasteiger partial charge in [0.05, 0.1) is 25.2 Å². The van der Waals surface area contributed by atoms with Crippen molar-refractivity contribution in [3.63, 3.8) is 0 Å². The highest BCUT2D eigenvalue weighted by molar-refractivity contribution is 5.77. The van der Waals surface area contributed by atoms with Crippen molar-refractivity contribution in [1.82, 2.24) is 5.32 Å². The molecule has 0 aromatic carbocycles. The number of ether oxygens (including phenoxy) is 1. The van der Waals surface area contributed by atoms with Crippen LogP contribution in [-0.2, 0) is 14.3 Å². The van der Waals surface area contributed by atoms with Gasteiger partial charge in [-0.3, -0.25) is 9.59 Å². The van der Waals surface area contributed by atoms with E-state index in [9.17, 15) is 19.8 Å². The lowest BCUT2D eigenvalue weighted by Crippen LogP contribution is -2.46. The first kappa shape index (κ1) is 61.1. The predicted octanol–water partition coefficient (Wildman–Crippen LogP) is 16.8. The van der Waals surface area contributed by atoms with Crippen LogP contribution in [-0.4, -0.2) is 46.9 Å². The van der Waals surface area contributed by atoms with Crippen LogP contribution >= 0.6 is 0 Å². The van der Waals surface area contributed by atoms with Gasteiger partial charge in [0.15, 0.2) is 0 Å². The molecule has 0 aliphatic heterocycles. The third kappa shape index (κ3) is 46.4. The van der Waals surface area contributed by atoms with Crippen molar-refractivity contribution in [2.24, 2.45) is 0 Å². The molecule has 370 valence electrons. The molecule has 0 spiro atoms. The highest BCUT2D eigenvalue weighted by Crippen LogP contribution is 2.18. The first-order valence-electron chi connectivity index (χ1n) is 27.7. The van der Waals surface area contributed by atoms with Gasteiger partial charge >= 0.3 is 5.97 Å². The van der Waals surface area contributed by atoms with Crippen LogP contribution in [0.1, 0.15) is 290 Å². The molecule has 0 aliphatic rings. The number of hydrogen-bond donors (Lipinski definition) is 3. The number of esters is 1. The van der Waals surface area contributed by atoms with Crippen molar-refractivity contribution in [3.05, 3.63) is 36.5 Å². The molecule has 0 bridgehead atoms. The topological polar surface area (TPSA) is 95.9 Å². The predicted molar refractivity (Wildman–Crippen MR) is 273 cm³/mol. The monoisotopic (exact) mass is 886 g/mol. The summed E-state index contributed by atoms with van der Waals surface area (Å²) in [5, 5.41) is 23.8. The van der Waals surface area contributed by atoms with E-state index in [1.54, 1.807) is 0 Å². The molecule has 3 atom stereocenters. The minimum atomic E-state index is -0.794. The first-order chi connectivity index (χ1) is 31.0. The second-order valence-electron chi connectivity index (χ2n) is 19.0. The Morgan fingerprint density at radius 3 is 1.24 bits per heavy atom. The smallest absolute Gasteiger partial charge is 0.306 e. The summed E-state index contributed by atoms with van der Waals surface area (Å²) in [5.74, 6) is -0.509. The Kier molecular flexibility index (Phi) is 49.5. The Morgan fingerprint density at radius 1 is 0.460 bits per heavy atom. The lowest BCUT2D eigenvalue weighted by Gasteiger charge is -2.24. The molecular weight excluding hydrogens is 779 g/mol. The maximum atomic E-state index is 13.2. The number of carbonyl (C=O) groups is 2. The largest absolute Gasteiger partial charge is 0.462 e. The Bertz CT molecular complexity index is 1040. The van der Waals surface area contributed by atoms with Gasteiger partial charge in [0.1, 0.15) is 6.10 Å². The highest BCUT2D eigenvalue weighted by Gasteiger charge is 2.24. The van der Waals surface area contributed by atoms with Gasteiger partial charge in [-0.15, -0.1) is 0 Å². The Hall–Kier alpha value is -1.92. The Balaban J connectivity index is 4.63. The fourth-order valence-electron chi connectivity index (χ4n) is 8.48. The van der Waals surface area contributed by atoms with Crippen molar-refractivity contribution in [2.45, 2.75) is 309 Å². The lowest BCUT2D eigenvalue weighted by atomic mass is 10.0. The van der Waals surface area contributed by atoms with E-state index in [0.29, 0.717) is 19.3 Å². The molecule has 3 unspecified atom stereocenters. The highest BCUT2D eigenvalue weighted by atomic mass is 16.5. The molecule has 3 N–H and O–H groups in total. The van der Waals surface area contributed by atoms with Gasteiger partial charge in [-0.25, -0.2) is 0 Å². The van der Waals surface area contributed by atoms with Crippen LogP contribution in [0.25, 0.3) is 0 Å². The van der Waals surface area contributed by atoms with E-state index >= 15 is 0 Å². The van der Waals surface area contributed by atoms with E-state index < -0.39 is 18.2 Å².